The van der Waals surface area contributed by atoms with Crippen LogP contribution in [0.4, 0.5) is 0 Å². The molecule has 5 nitrogen and oxygen atoms in total. The molecule has 0 spiro atoms. The lowest BCUT2D eigenvalue weighted by molar-refractivity contribution is 0.0477. The van der Waals surface area contributed by atoms with Crippen LogP contribution in [0.5, 0.6) is 0 Å². The molecule has 1 aromatic rings. The van der Waals surface area contributed by atoms with Crippen molar-refractivity contribution < 1.29 is 9.26 Å². The molecule has 0 aliphatic rings. The molecular formula is C14H27N3O2. The van der Waals surface area contributed by atoms with Crippen LogP contribution in [0.15, 0.2) is 4.52 Å². The summed E-state index contributed by atoms with van der Waals surface area (Å²) < 4.78 is 11.0. The molecule has 2 N–H and O–H groups in total. The first-order chi connectivity index (χ1) is 9.12. The van der Waals surface area contributed by atoms with Crippen molar-refractivity contribution in [2.24, 2.45) is 11.7 Å². The first kappa shape index (κ1) is 16.1. The molecule has 0 aliphatic carbocycles. The van der Waals surface area contributed by atoms with Crippen LogP contribution in [0, 0.1) is 5.92 Å². The fourth-order valence-electron chi connectivity index (χ4n) is 2.16. The van der Waals surface area contributed by atoms with Gasteiger partial charge in [0.05, 0.1) is 5.92 Å². The third-order valence-corrected chi connectivity index (χ3v) is 3.05. The molecule has 0 amide bonds. The molecule has 5 heteroatoms. The van der Waals surface area contributed by atoms with E-state index in [-0.39, 0.29) is 12.0 Å². The Morgan fingerprint density at radius 1 is 1.32 bits per heavy atom. The Morgan fingerprint density at radius 3 is 2.58 bits per heavy atom. The van der Waals surface area contributed by atoms with E-state index >= 15 is 0 Å². The molecule has 0 saturated carbocycles. The minimum absolute atomic E-state index is 0.0648. The molecule has 0 radical (unpaired) electrons. The standard InChI is InChI=1S/C14H27N3O2/c1-5-7-12(18-6-2)13-16-14(19-17-13)11(9-15)8-10(3)4/h10-12H,5-9,15H2,1-4H3. The van der Waals surface area contributed by atoms with E-state index in [4.69, 9.17) is 15.0 Å². The Labute approximate surface area is 115 Å². The summed E-state index contributed by atoms with van der Waals surface area (Å²) in [7, 11) is 0. The maximum Gasteiger partial charge on any atom is 0.231 e. The molecule has 0 fully saturated rings. The quantitative estimate of drug-likeness (QED) is 0.745. The maximum atomic E-state index is 5.80. The number of rotatable bonds is 9. The summed E-state index contributed by atoms with van der Waals surface area (Å²) in [6.45, 7) is 9.62. The van der Waals surface area contributed by atoms with Crippen molar-refractivity contribution in [3.63, 3.8) is 0 Å². The molecule has 19 heavy (non-hydrogen) atoms. The number of nitrogens with zero attached hydrogens (tertiary/aromatic N) is 2. The monoisotopic (exact) mass is 269 g/mol. The van der Waals surface area contributed by atoms with Gasteiger partial charge < -0.3 is 15.0 Å². The molecule has 0 aromatic carbocycles. The summed E-state index contributed by atoms with van der Waals surface area (Å²) in [5.41, 5.74) is 5.80. The van der Waals surface area contributed by atoms with E-state index in [0.29, 0.717) is 30.8 Å². The molecule has 1 heterocycles. The van der Waals surface area contributed by atoms with Crippen molar-refractivity contribution in [2.75, 3.05) is 13.2 Å². The number of hydrogen-bond donors (Lipinski definition) is 1. The van der Waals surface area contributed by atoms with Crippen molar-refractivity contribution in [3.05, 3.63) is 11.7 Å². The Balaban J connectivity index is 2.77. The lowest BCUT2D eigenvalue weighted by Crippen LogP contribution is -2.15. The van der Waals surface area contributed by atoms with Gasteiger partial charge in [0.2, 0.25) is 11.7 Å². The van der Waals surface area contributed by atoms with Crippen LogP contribution in [0.1, 0.15) is 70.7 Å². The van der Waals surface area contributed by atoms with Gasteiger partial charge in [-0.05, 0) is 25.7 Å². The van der Waals surface area contributed by atoms with E-state index in [0.717, 1.165) is 19.3 Å². The second kappa shape index (κ2) is 8.27. The topological polar surface area (TPSA) is 74.2 Å². The highest BCUT2D eigenvalue weighted by molar-refractivity contribution is 4.97. The highest BCUT2D eigenvalue weighted by Crippen LogP contribution is 2.25. The van der Waals surface area contributed by atoms with Crippen LogP contribution in [0.3, 0.4) is 0 Å². The zero-order chi connectivity index (χ0) is 14.3. The van der Waals surface area contributed by atoms with E-state index in [1.54, 1.807) is 0 Å². The minimum Gasteiger partial charge on any atom is -0.370 e. The SMILES string of the molecule is CCCC(OCC)c1noc(C(CN)CC(C)C)n1. The van der Waals surface area contributed by atoms with Gasteiger partial charge in [-0.25, -0.2) is 0 Å². The summed E-state index contributed by atoms with van der Waals surface area (Å²) in [5, 5.41) is 4.06. The Hall–Kier alpha value is -0.940. The fraction of sp³-hybridized carbons (Fsp3) is 0.857. The molecule has 2 atom stereocenters. The molecule has 1 aromatic heterocycles. The van der Waals surface area contributed by atoms with Crippen molar-refractivity contribution in [3.8, 4) is 0 Å². The van der Waals surface area contributed by atoms with E-state index in [1.165, 1.54) is 0 Å². The van der Waals surface area contributed by atoms with Gasteiger partial charge in [0.1, 0.15) is 6.10 Å². The van der Waals surface area contributed by atoms with Gasteiger partial charge in [0.15, 0.2) is 0 Å². The zero-order valence-corrected chi connectivity index (χ0v) is 12.6. The maximum absolute atomic E-state index is 5.80. The van der Waals surface area contributed by atoms with Crippen LogP contribution >= 0.6 is 0 Å². The van der Waals surface area contributed by atoms with Gasteiger partial charge in [-0.3, -0.25) is 0 Å². The molecule has 0 bridgehead atoms. The second-order valence-electron chi connectivity index (χ2n) is 5.29. The summed E-state index contributed by atoms with van der Waals surface area (Å²) in [4.78, 5) is 4.49. The van der Waals surface area contributed by atoms with Crippen molar-refractivity contribution in [1.29, 1.82) is 0 Å². The minimum atomic E-state index is -0.0648. The Bertz CT molecular complexity index is 330. The van der Waals surface area contributed by atoms with Gasteiger partial charge in [-0.2, -0.15) is 4.98 Å². The Kier molecular flexibility index (Phi) is 7.02. The first-order valence-corrected chi connectivity index (χ1v) is 7.27. The predicted molar refractivity (Wildman–Crippen MR) is 74.8 cm³/mol. The average molecular weight is 269 g/mol. The lowest BCUT2D eigenvalue weighted by Gasteiger charge is -2.13. The summed E-state index contributed by atoms with van der Waals surface area (Å²) in [6, 6.07) is 0. The number of hydrogen-bond acceptors (Lipinski definition) is 5. The second-order valence-corrected chi connectivity index (χ2v) is 5.29. The van der Waals surface area contributed by atoms with Gasteiger partial charge >= 0.3 is 0 Å². The van der Waals surface area contributed by atoms with Crippen molar-refractivity contribution in [1.82, 2.24) is 10.1 Å². The van der Waals surface area contributed by atoms with Crippen LogP contribution in [-0.4, -0.2) is 23.3 Å². The molecule has 110 valence electrons. The highest BCUT2D eigenvalue weighted by Gasteiger charge is 2.22. The molecule has 0 aliphatic heterocycles. The van der Waals surface area contributed by atoms with Crippen molar-refractivity contribution >= 4 is 0 Å². The molecule has 2 unspecified atom stereocenters. The van der Waals surface area contributed by atoms with Crippen molar-refractivity contribution in [2.45, 2.75) is 59.0 Å². The van der Waals surface area contributed by atoms with Gasteiger partial charge in [0.25, 0.3) is 0 Å². The third kappa shape index (κ3) is 4.91. The van der Waals surface area contributed by atoms with E-state index in [2.05, 4.69) is 30.9 Å². The van der Waals surface area contributed by atoms with E-state index in [1.807, 2.05) is 6.92 Å². The number of ether oxygens (including phenoxy) is 1. The molecule has 1 rings (SSSR count). The summed E-state index contributed by atoms with van der Waals surface area (Å²) in [5.74, 6) is 2.00. The molecule has 0 saturated heterocycles. The van der Waals surface area contributed by atoms with Crippen LogP contribution < -0.4 is 5.73 Å². The van der Waals surface area contributed by atoms with Gasteiger partial charge in [-0.15, -0.1) is 0 Å². The van der Waals surface area contributed by atoms with Gasteiger partial charge in [-0.1, -0.05) is 32.3 Å². The number of aromatic nitrogens is 2. The predicted octanol–water partition coefficient (Wildman–Crippen LogP) is 3.04. The fourth-order valence-corrected chi connectivity index (χ4v) is 2.16. The zero-order valence-electron chi connectivity index (χ0n) is 12.6. The van der Waals surface area contributed by atoms with E-state index in [9.17, 15) is 0 Å². The Morgan fingerprint density at radius 2 is 2.05 bits per heavy atom. The van der Waals surface area contributed by atoms with Crippen LogP contribution in [0.25, 0.3) is 0 Å². The van der Waals surface area contributed by atoms with Crippen LogP contribution in [-0.2, 0) is 4.74 Å². The molecular weight excluding hydrogens is 242 g/mol. The third-order valence-electron chi connectivity index (χ3n) is 3.05. The summed E-state index contributed by atoms with van der Waals surface area (Å²) >= 11 is 0. The smallest absolute Gasteiger partial charge is 0.231 e. The van der Waals surface area contributed by atoms with E-state index < -0.39 is 0 Å². The lowest BCUT2D eigenvalue weighted by atomic mass is 9.97. The average Bonchev–Trinajstić information content (AvgIpc) is 2.84. The van der Waals surface area contributed by atoms with Crippen LogP contribution in [0.2, 0.25) is 0 Å². The summed E-state index contributed by atoms with van der Waals surface area (Å²) in [6.07, 6.45) is 2.83. The van der Waals surface area contributed by atoms with Gasteiger partial charge in [0, 0.05) is 13.2 Å². The number of nitrogens with two attached hydrogens (primary N) is 1. The normalized spacial score (nSPS) is 14.8. The highest BCUT2D eigenvalue weighted by atomic mass is 16.5. The largest absolute Gasteiger partial charge is 0.370 e. The first-order valence-electron chi connectivity index (χ1n) is 7.27.